The van der Waals surface area contributed by atoms with Crippen LogP contribution in [0, 0.1) is 4.77 Å². The summed E-state index contributed by atoms with van der Waals surface area (Å²) in [6, 6.07) is 14.2. The largest absolute Gasteiger partial charge is 0.485 e. The van der Waals surface area contributed by atoms with Gasteiger partial charge in [0.25, 0.3) is 0 Å². The first-order valence-electron chi connectivity index (χ1n) is 8.17. The van der Waals surface area contributed by atoms with E-state index in [9.17, 15) is 0 Å². The molecular formula is C18H19N3O2S. The summed E-state index contributed by atoms with van der Waals surface area (Å²) in [4.78, 5) is 0. The molecule has 24 heavy (non-hydrogen) atoms. The third kappa shape index (κ3) is 3.07. The van der Waals surface area contributed by atoms with E-state index in [-0.39, 0.29) is 6.10 Å². The van der Waals surface area contributed by atoms with Gasteiger partial charge in [-0.3, -0.25) is 9.67 Å². The maximum Gasteiger partial charge on any atom is 0.195 e. The molecule has 0 aliphatic carbocycles. The molecule has 1 saturated heterocycles. The van der Waals surface area contributed by atoms with E-state index >= 15 is 0 Å². The van der Waals surface area contributed by atoms with Crippen molar-refractivity contribution in [2.24, 2.45) is 0 Å². The van der Waals surface area contributed by atoms with E-state index in [1.807, 2.05) is 28.8 Å². The molecule has 124 valence electrons. The number of fused-ring (bicyclic) bond motifs is 1. The Labute approximate surface area is 145 Å². The molecule has 1 aliphatic heterocycles. The van der Waals surface area contributed by atoms with E-state index in [0.717, 1.165) is 48.3 Å². The van der Waals surface area contributed by atoms with Crippen LogP contribution in [0.2, 0.25) is 0 Å². The van der Waals surface area contributed by atoms with Crippen LogP contribution in [-0.2, 0) is 17.9 Å². The van der Waals surface area contributed by atoms with Crippen LogP contribution in [0.3, 0.4) is 0 Å². The van der Waals surface area contributed by atoms with E-state index in [2.05, 4.69) is 28.4 Å². The fourth-order valence-corrected chi connectivity index (χ4v) is 3.33. The number of aromatic amines is 1. The number of ether oxygens (including phenoxy) is 2. The monoisotopic (exact) mass is 341 g/mol. The average Bonchev–Trinajstić information content (AvgIpc) is 3.24. The van der Waals surface area contributed by atoms with Crippen LogP contribution in [0.4, 0.5) is 0 Å². The van der Waals surface area contributed by atoms with Gasteiger partial charge in [0.15, 0.2) is 10.6 Å². The smallest absolute Gasteiger partial charge is 0.195 e. The Bertz CT molecular complexity index is 891. The van der Waals surface area contributed by atoms with Gasteiger partial charge in [0.05, 0.1) is 12.6 Å². The molecule has 5 nitrogen and oxygen atoms in total. The van der Waals surface area contributed by atoms with Gasteiger partial charge in [0, 0.05) is 12.0 Å². The van der Waals surface area contributed by atoms with Crippen molar-refractivity contribution in [3.8, 4) is 5.75 Å². The van der Waals surface area contributed by atoms with Gasteiger partial charge >= 0.3 is 0 Å². The van der Waals surface area contributed by atoms with Gasteiger partial charge in [0.1, 0.15) is 12.4 Å². The van der Waals surface area contributed by atoms with E-state index in [4.69, 9.17) is 21.7 Å². The van der Waals surface area contributed by atoms with E-state index in [0.29, 0.717) is 11.4 Å². The van der Waals surface area contributed by atoms with Crippen molar-refractivity contribution in [3.05, 3.63) is 53.1 Å². The van der Waals surface area contributed by atoms with Gasteiger partial charge in [-0.2, -0.15) is 5.10 Å². The molecule has 2 aromatic carbocycles. The summed E-state index contributed by atoms with van der Waals surface area (Å²) in [5.41, 5.74) is 0. The van der Waals surface area contributed by atoms with Crippen LogP contribution in [0.1, 0.15) is 18.7 Å². The van der Waals surface area contributed by atoms with Crippen molar-refractivity contribution >= 4 is 23.0 Å². The van der Waals surface area contributed by atoms with E-state index in [1.165, 1.54) is 0 Å². The molecule has 1 atom stereocenters. The summed E-state index contributed by atoms with van der Waals surface area (Å²) < 4.78 is 14.3. The lowest BCUT2D eigenvalue weighted by Gasteiger charge is -2.13. The minimum Gasteiger partial charge on any atom is -0.485 e. The van der Waals surface area contributed by atoms with Crippen LogP contribution in [0.5, 0.6) is 5.75 Å². The number of H-pyrrole nitrogens is 1. The maximum absolute atomic E-state index is 6.03. The molecule has 0 amide bonds. The average molecular weight is 341 g/mol. The third-order valence-corrected chi connectivity index (χ3v) is 4.67. The summed E-state index contributed by atoms with van der Waals surface area (Å²) in [5.74, 6) is 1.65. The van der Waals surface area contributed by atoms with E-state index in [1.54, 1.807) is 0 Å². The minimum atomic E-state index is 0.214. The zero-order valence-electron chi connectivity index (χ0n) is 13.3. The Morgan fingerprint density at radius 1 is 1.25 bits per heavy atom. The Balaban J connectivity index is 1.54. The van der Waals surface area contributed by atoms with Gasteiger partial charge in [-0.15, -0.1) is 0 Å². The van der Waals surface area contributed by atoms with Crippen LogP contribution < -0.4 is 4.74 Å². The molecule has 0 unspecified atom stereocenters. The molecule has 1 fully saturated rings. The maximum atomic E-state index is 6.03. The number of nitrogens with one attached hydrogen (secondary N) is 1. The molecule has 0 spiro atoms. The number of hydrogen-bond donors (Lipinski definition) is 1. The molecule has 0 saturated carbocycles. The lowest BCUT2D eigenvalue weighted by atomic mass is 10.1. The Hall–Kier alpha value is -2.18. The second-order valence-electron chi connectivity index (χ2n) is 5.96. The third-order valence-electron chi connectivity index (χ3n) is 4.35. The quantitative estimate of drug-likeness (QED) is 0.716. The number of nitrogens with zero attached hydrogens (tertiary/aromatic N) is 2. The highest BCUT2D eigenvalue weighted by atomic mass is 32.1. The van der Waals surface area contributed by atoms with Crippen LogP contribution in [0.25, 0.3) is 10.8 Å². The molecule has 2 heterocycles. The molecule has 1 aliphatic rings. The first-order chi connectivity index (χ1) is 11.8. The molecule has 3 aromatic rings. The molecule has 4 rings (SSSR count). The standard InChI is InChI=1S/C18H19N3O2S/c24-18-20-19-17(21(18)11-14-7-4-10-22-14)12-23-16-9-3-6-13-5-1-2-8-15(13)16/h1-3,5-6,8-9,14H,4,7,10-12H2,(H,20,24)/t14-/m0/s1. The second kappa shape index (κ2) is 6.75. The highest BCUT2D eigenvalue weighted by Crippen LogP contribution is 2.26. The fraction of sp³-hybridized carbons (Fsp3) is 0.333. The summed E-state index contributed by atoms with van der Waals surface area (Å²) in [6.45, 7) is 1.93. The summed E-state index contributed by atoms with van der Waals surface area (Å²) in [6.07, 6.45) is 2.39. The lowest BCUT2D eigenvalue weighted by Crippen LogP contribution is -2.18. The van der Waals surface area contributed by atoms with Crippen molar-refractivity contribution in [1.29, 1.82) is 0 Å². The normalized spacial score (nSPS) is 17.4. The SMILES string of the molecule is S=c1[nH]nc(COc2cccc3ccccc23)n1C[C@@H]1CCCO1. The van der Waals surface area contributed by atoms with Crippen molar-refractivity contribution in [2.75, 3.05) is 6.61 Å². The first-order valence-corrected chi connectivity index (χ1v) is 8.58. The minimum absolute atomic E-state index is 0.214. The van der Waals surface area contributed by atoms with Crippen molar-refractivity contribution in [2.45, 2.75) is 32.1 Å². The zero-order chi connectivity index (χ0) is 16.4. The second-order valence-corrected chi connectivity index (χ2v) is 6.34. The summed E-state index contributed by atoms with van der Waals surface area (Å²) in [5, 5.41) is 9.44. The molecule has 1 N–H and O–H groups in total. The molecular weight excluding hydrogens is 322 g/mol. The topological polar surface area (TPSA) is 52.1 Å². The molecule has 0 radical (unpaired) electrons. The number of hydrogen-bond acceptors (Lipinski definition) is 4. The van der Waals surface area contributed by atoms with E-state index < -0.39 is 0 Å². The predicted molar refractivity (Wildman–Crippen MR) is 94.7 cm³/mol. The van der Waals surface area contributed by atoms with Crippen molar-refractivity contribution < 1.29 is 9.47 Å². The van der Waals surface area contributed by atoms with Gasteiger partial charge in [-0.05, 0) is 36.5 Å². The Kier molecular flexibility index (Phi) is 4.32. The van der Waals surface area contributed by atoms with Gasteiger partial charge in [-0.1, -0.05) is 36.4 Å². The highest BCUT2D eigenvalue weighted by molar-refractivity contribution is 7.71. The summed E-state index contributed by atoms with van der Waals surface area (Å²) >= 11 is 5.35. The molecule has 0 bridgehead atoms. The highest BCUT2D eigenvalue weighted by Gasteiger charge is 2.18. The van der Waals surface area contributed by atoms with Gasteiger partial charge < -0.3 is 9.47 Å². The number of benzene rings is 2. The number of aromatic nitrogens is 3. The Morgan fingerprint density at radius 2 is 2.12 bits per heavy atom. The van der Waals surface area contributed by atoms with Crippen molar-refractivity contribution in [3.63, 3.8) is 0 Å². The molecule has 6 heteroatoms. The zero-order valence-corrected chi connectivity index (χ0v) is 14.1. The van der Waals surface area contributed by atoms with Crippen LogP contribution in [0.15, 0.2) is 42.5 Å². The lowest BCUT2D eigenvalue weighted by molar-refractivity contribution is 0.0949. The molecule has 1 aromatic heterocycles. The van der Waals surface area contributed by atoms with Crippen LogP contribution in [-0.4, -0.2) is 27.5 Å². The predicted octanol–water partition coefficient (Wildman–Crippen LogP) is 3.85. The number of rotatable bonds is 5. The van der Waals surface area contributed by atoms with Crippen molar-refractivity contribution in [1.82, 2.24) is 14.8 Å². The fourth-order valence-electron chi connectivity index (χ4n) is 3.10. The summed E-state index contributed by atoms with van der Waals surface area (Å²) in [7, 11) is 0. The van der Waals surface area contributed by atoms with Gasteiger partial charge in [-0.25, -0.2) is 0 Å². The van der Waals surface area contributed by atoms with Gasteiger partial charge in [0.2, 0.25) is 0 Å². The first kappa shape index (κ1) is 15.4. The van der Waals surface area contributed by atoms with Crippen LogP contribution >= 0.6 is 12.2 Å². The Morgan fingerprint density at radius 3 is 3.00 bits per heavy atom.